The van der Waals surface area contributed by atoms with Crippen LogP contribution in [0.4, 0.5) is 8.78 Å². The standard InChI is InChI=1S/C8H8BrF2NO2/c9-6-1-2-7(14-8(10)11)5(3-6)4-12-13/h1-3,8,12-13H,4H2. The van der Waals surface area contributed by atoms with E-state index in [4.69, 9.17) is 5.21 Å². The molecule has 0 unspecified atom stereocenters. The summed E-state index contributed by atoms with van der Waals surface area (Å²) in [5.74, 6) is 0.0461. The summed E-state index contributed by atoms with van der Waals surface area (Å²) in [5.41, 5.74) is 2.33. The molecule has 6 heteroatoms. The van der Waals surface area contributed by atoms with E-state index in [-0.39, 0.29) is 12.3 Å². The number of hydrogen-bond acceptors (Lipinski definition) is 3. The van der Waals surface area contributed by atoms with Crippen LogP contribution in [0.3, 0.4) is 0 Å². The van der Waals surface area contributed by atoms with Crippen molar-refractivity contribution in [2.24, 2.45) is 0 Å². The van der Waals surface area contributed by atoms with Crippen molar-refractivity contribution in [1.82, 2.24) is 5.48 Å². The molecule has 0 aliphatic rings. The lowest BCUT2D eigenvalue weighted by Gasteiger charge is -2.10. The molecule has 0 fully saturated rings. The van der Waals surface area contributed by atoms with E-state index in [0.29, 0.717) is 5.56 Å². The second-order valence-electron chi connectivity index (χ2n) is 2.47. The third kappa shape index (κ3) is 3.21. The van der Waals surface area contributed by atoms with Gasteiger partial charge in [0.25, 0.3) is 0 Å². The Hall–Kier alpha value is -0.720. The van der Waals surface area contributed by atoms with Gasteiger partial charge in [-0.25, -0.2) is 5.48 Å². The van der Waals surface area contributed by atoms with Crippen molar-refractivity contribution in [2.75, 3.05) is 0 Å². The first-order chi connectivity index (χ1) is 6.63. The SMILES string of the molecule is ONCc1cc(Br)ccc1OC(F)F. The molecular formula is C8H8BrF2NO2. The monoisotopic (exact) mass is 267 g/mol. The summed E-state index contributed by atoms with van der Waals surface area (Å²) in [4.78, 5) is 0. The topological polar surface area (TPSA) is 41.5 Å². The first kappa shape index (κ1) is 11.4. The predicted octanol–water partition coefficient (Wildman–Crippen LogP) is 2.53. The summed E-state index contributed by atoms with van der Waals surface area (Å²) in [6.45, 7) is -2.82. The van der Waals surface area contributed by atoms with Gasteiger partial charge in [-0.3, -0.25) is 0 Å². The van der Waals surface area contributed by atoms with Gasteiger partial charge in [-0.1, -0.05) is 15.9 Å². The normalized spacial score (nSPS) is 10.6. The fourth-order valence-corrected chi connectivity index (χ4v) is 1.39. The molecule has 0 bridgehead atoms. The number of rotatable bonds is 4. The van der Waals surface area contributed by atoms with E-state index in [0.717, 1.165) is 4.47 Å². The van der Waals surface area contributed by atoms with Crippen molar-refractivity contribution in [3.63, 3.8) is 0 Å². The zero-order chi connectivity index (χ0) is 10.6. The van der Waals surface area contributed by atoms with Gasteiger partial charge in [0.2, 0.25) is 0 Å². The molecule has 1 aromatic carbocycles. The molecule has 0 aliphatic heterocycles. The summed E-state index contributed by atoms with van der Waals surface area (Å²) in [7, 11) is 0. The molecule has 0 radical (unpaired) electrons. The highest BCUT2D eigenvalue weighted by Gasteiger charge is 2.09. The molecule has 0 atom stereocenters. The summed E-state index contributed by atoms with van der Waals surface area (Å²) in [5, 5.41) is 8.46. The Morgan fingerprint density at radius 2 is 2.21 bits per heavy atom. The summed E-state index contributed by atoms with van der Waals surface area (Å²) >= 11 is 3.18. The van der Waals surface area contributed by atoms with Crippen LogP contribution in [0, 0.1) is 0 Å². The van der Waals surface area contributed by atoms with E-state index in [9.17, 15) is 8.78 Å². The van der Waals surface area contributed by atoms with Crippen LogP contribution in [0.1, 0.15) is 5.56 Å². The Bertz CT molecular complexity index is 309. The Labute approximate surface area is 87.8 Å². The van der Waals surface area contributed by atoms with Gasteiger partial charge >= 0.3 is 6.61 Å². The molecule has 0 aliphatic carbocycles. The molecule has 14 heavy (non-hydrogen) atoms. The van der Waals surface area contributed by atoms with Gasteiger partial charge in [-0.2, -0.15) is 8.78 Å². The summed E-state index contributed by atoms with van der Waals surface area (Å²) in [6, 6.07) is 4.57. The molecule has 0 spiro atoms. The predicted molar refractivity (Wildman–Crippen MR) is 49.4 cm³/mol. The molecule has 1 rings (SSSR count). The van der Waals surface area contributed by atoms with Gasteiger partial charge in [0.15, 0.2) is 0 Å². The number of benzene rings is 1. The molecule has 0 heterocycles. The van der Waals surface area contributed by atoms with Gasteiger partial charge in [0.1, 0.15) is 5.75 Å². The van der Waals surface area contributed by atoms with Gasteiger partial charge < -0.3 is 9.94 Å². The average Bonchev–Trinajstić information content (AvgIpc) is 2.09. The smallest absolute Gasteiger partial charge is 0.387 e. The Morgan fingerprint density at radius 3 is 2.79 bits per heavy atom. The van der Waals surface area contributed by atoms with Crippen molar-refractivity contribution in [3.8, 4) is 5.75 Å². The lowest BCUT2D eigenvalue weighted by atomic mass is 10.2. The van der Waals surface area contributed by atoms with Crippen molar-refractivity contribution in [1.29, 1.82) is 0 Å². The van der Waals surface area contributed by atoms with Crippen LogP contribution in [0.15, 0.2) is 22.7 Å². The number of hydroxylamine groups is 1. The third-order valence-electron chi connectivity index (χ3n) is 1.51. The molecule has 2 N–H and O–H groups in total. The van der Waals surface area contributed by atoms with Gasteiger partial charge in [0.05, 0.1) is 0 Å². The fourth-order valence-electron chi connectivity index (χ4n) is 0.982. The first-order valence-corrected chi connectivity index (χ1v) is 4.53. The number of hydrogen-bond donors (Lipinski definition) is 2. The van der Waals surface area contributed by atoms with E-state index in [1.54, 1.807) is 12.1 Å². The maximum atomic E-state index is 11.9. The Morgan fingerprint density at radius 1 is 1.50 bits per heavy atom. The van der Waals surface area contributed by atoms with Crippen LogP contribution in [0.2, 0.25) is 0 Å². The van der Waals surface area contributed by atoms with Crippen LogP contribution in [-0.2, 0) is 6.54 Å². The quantitative estimate of drug-likeness (QED) is 0.824. The Balaban J connectivity index is 2.89. The summed E-state index contributed by atoms with van der Waals surface area (Å²) in [6.07, 6.45) is 0. The lowest BCUT2D eigenvalue weighted by molar-refractivity contribution is -0.0507. The molecular weight excluding hydrogens is 260 g/mol. The molecule has 78 valence electrons. The molecule has 0 amide bonds. The second kappa shape index (κ2) is 5.23. The minimum absolute atomic E-state index is 0.0431. The molecule has 0 saturated carbocycles. The van der Waals surface area contributed by atoms with Crippen LogP contribution in [0.5, 0.6) is 5.75 Å². The molecule has 0 saturated heterocycles. The van der Waals surface area contributed by atoms with Crippen LogP contribution < -0.4 is 10.2 Å². The van der Waals surface area contributed by atoms with Crippen LogP contribution in [0.25, 0.3) is 0 Å². The van der Waals surface area contributed by atoms with Gasteiger partial charge in [0, 0.05) is 16.6 Å². The largest absolute Gasteiger partial charge is 0.434 e. The minimum atomic E-state index is -2.87. The third-order valence-corrected chi connectivity index (χ3v) is 2.00. The van der Waals surface area contributed by atoms with Crippen LogP contribution in [-0.4, -0.2) is 11.8 Å². The van der Waals surface area contributed by atoms with Gasteiger partial charge in [-0.05, 0) is 18.2 Å². The van der Waals surface area contributed by atoms with Crippen LogP contribution >= 0.6 is 15.9 Å². The van der Waals surface area contributed by atoms with Crippen molar-refractivity contribution in [3.05, 3.63) is 28.2 Å². The maximum absolute atomic E-state index is 11.9. The molecule has 3 nitrogen and oxygen atoms in total. The number of ether oxygens (including phenoxy) is 1. The van der Waals surface area contributed by atoms with Gasteiger partial charge in [-0.15, -0.1) is 0 Å². The highest BCUT2D eigenvalue weighted by molar-refractivity contribution is 9.10. The highest BCUT2D eigenvalue weighted by atomic mass is 79.9. The fraction of sp³-hybridized carbons (Fsp3) is 0.250. The van der Waals surface area contributed by atoms with E-state index in [1.807, 2.05) is 5.48 Å². The molecule has 0 aromatic heterocycles. The Kier molecular flexibility index (Phi) is 4.24. The lowest BCUT2D eigenvalue weighted by Crippen LogP contribution is -2.10. The van der Waals surface area contributed by atoms with E-state index >= 15 is 0 Å². The minimum Gasteiger partial charge on any atom is -0.434 e. The average molecular weight is 268 g/mol. The van der Waals surface area contributed by atoms with Crippen molar-refractivity contribution < 1.29 is 18.7 Å². The number of halogens is 3. The number of alkyl halides is 2. The first-order valence-electron chi connectivity index (χ1n) is 3.73. The van der Waals surface area contributed by atoms with E-state index in [1.165, 1.54) is 6.07 Å². The zero-order valence-electron chi connectivity index (χ0n) is 7.01. The van der Waals surface area contributed by atoms with E-state index < -0.39 is 6.61 Å². The maximum Gasteiger partial charge on any atom is 0.387 e. The van der Waals surface area contributed by atoms with E-state index in [2.05, 4.69) is 20.7 Å². The van der Waals surface area contributed by atoms with Crippen molar-refractivity contribution in [2.45, 2.75) is 13.2 Å². The summed E-state index contributed by atoms with van der Waals surface area (Å²) < 4.78 is 28.8. The molecule has 1 aromatic rings. The highest BCUT2D eigenvalue weighted by Crippen LogP contribution is 2.24. The zero-order valence-corrected chi connectivity index (χ0v) is 8.59. The number of nitrogens with one attached hydrogen (secondary N) is 1. The van der Waals surface area contributed by atoms with Crippen molar-refractivity contribution >= 4 is 15.9 Å². The second-order valence-corrected chi connectivity index (χ2v) is 3.38.